The molecule has 1 aromatic carbocycles. The normalized spacial score (nSPS) is 23.0. The van der Waals surface area contributed by atoms with Gasteiger partial charge < -0.3 is 19.7 Å². The quantitative estimate of drug-likeness (QED) is 0.792. The van der Waals surface area contributed by atoms with Gasteiger partial charge in [0.2, 0.25) is 0 Å². The second-order valence-electron chi connectivity index (χ2n) is 5.52. The smallest absolute Gasteiger partial charge is 0.328 e. The summed E-state index contributed by atoms with van der Waals surface area (Å²) >= 11 is 0. The maximum absolute atomic E-state index is 9.55. The van der Waals surface area contributed by atoms with Gasteiger partial charge in [-0.25, -0.2) is 9.59 Å². The lowest BCUT2D eigenvalue weighted by molar-refractivity contribution is -0.134. The van der Waals surface area contributed by atoms with Gasteiger partial charge in [-0.2, -0.15) is 0 Å². The van der Waals surface area contributed by atoms with Crippen molar-refractivity contribution in [2.75, 3.05) is 26.8 Å². The highest BCUT2D eigenvalue weighted by Crippen LogP contribution is 2.37. The van der Waals surface area contributed by atoms with E-state index in [2.05, 4.69) is 24.1 Å². The molecule has 0 aliphatic carbocycles. The van der Waals surface area contributed by atoms with Gasteiger partial charge in [0.05, 0.1) is 13.2 Å². The standard InChI is InChI=1S/C13H17NO2.C4H4O4/c1-14-7-9-16-13-10-4-2-3-5-12(10)15-8-6-11(13)14;5-3(6)1-2-4(7)8/h2-5,11,13H,6-9H2,1H3;1-2H,(H,5,6)(H,7,8)/b;2-1-/t11-,13-;/m1./s1. The van der Waals surface area contributed by atoms with Gasteiger partial charge in [0, 0.05) is 30.3 Å². The fraction of sp³-hybridized carbons (Fsp3) is 0.412. The molecule has 2 aliphatic rings. The Morgan fingerprint density at radius 2 is 1.83 bits per heavy atom. The Morgan fingerprint density at radius 3 is 2.50 bits per heavy atom. The van der Waals surface area contributed by atoms with Crippen LogP contribution in [0.5, 0.6) is 5.75 Å². The molecule has 0 saturated carbocycles. The Morgan fingerprint density at radius 1 is 1.17 bits per heavy atom. The predicted molar refractivity (Wildman–Crippen MR) is 86.1 cm³/mol. The molecule has 24 heavy (non-hydrogen) atoms. The summed E-state index contributed by atoms with van der Waals surface area (Å²) in [6, 6.07) is 8.69. The van der Waals surface area contributed by atoms with Gasteiger partial charge in [0.15, 0.2) is 0 Å². The molecule has 0 bridgehead atoms. The van der Waals surface area contributed by atoms with Crippen LogP contribution in [0.1, 0.15) is 18.1 Å². The molecule has 2 aliphatic heterocycles. The molecule has 2 heterocycles. The summed E-state index contributed by atoms with van der Waals surface area (Å²) in [5, 5.41) is 15.6. The number of ether oxygens (including phenoxy) is 2. The van der Waals surface area contributed by atoms with Crippen LogP contribution in [0, 0.1) is 0 Å². The van der Waals surface area contributed by atoms with E-state index in [1.807, 2.05) is 12.1 Å². The van der Waals surface area contributed by atoms with E-state index in [0.29, 0.717) is 18.2 Å². The third-order valence-corrected chi connectivity index (χ3v) is 3.92. The van der Waals surface area contributed by atoms with Crippen molar-refractivity contribution in [2.24, 2.45) is 0 Å². The zero-order valence-corrected chi connectivity index (χ0v) is 13.4. The number of carboxylic acid groups (broad SMARTS) is 2. The minimum atomic E-state index is -1.26. The second-order valence-corrected chi connectivity index (χ2v) is 5.52. The molecule has 0 amide bonds. The Bertz CT molecular complexity index is 599. The minimum Gasteiger partial charge on any atom is -0.493 e. The van der Waals surface area contributed by atoms with Crippen molar-refractivity contribution in [2.45, 2.75) is 18.6 Å². The highest BCUT2D eigenvalue weighted by Gasteiger charge is 2.34. The van der Waals surface area contributed by atoms with E-state index in [-0.39, 0.29) is 6.10 Å². The third-order valence-electron chi connectivity index (χ3n) is 3.92. The molecule has 130 valence electrons. The number of carboxylic acids is 2. The van der Waals surface area contributed by atoms with E-state index in [1.165, 1.54) is 5.56 Å². The number of aliphatic carboxylic acids is 2. The number of rotatable bonds is 2. The Balaban J connectivity index is 0.000000224. The predicted octanol–water partition coefficient (Wildman–Crippen LogP) is 1.55. The number of hydrogen-bond acceptors (Lipinski definition) is 5. The number of para-hydroxylation sites is 1. The van der Waals surface area contributed by atoms with E-state index in [4.69, 9.17) is 19.7 Å². The molecule has 2 N–H and O–H groups in total. The van der Waals surface area contributed by atoms with E-state index in [1.54, 1.807) is 0 Å². The lowest BCUT2D eigenvalue weighted by atomic mass is 9.97. The summed E-state index contributed by atoms with van der Waals surface area (Å²) in [5.74, 6) is -1.52. The first-order valence-corrected chi connectivity index (χ1v) is 7.66. The fourth-order valence-corrected chi connectivity index (χ4v) is 2.78. The molecule has 0 aromatic heterocycles. The molecule has 7 heteroatoms. The lowest BCUT2D eigenvalue weighted by Crippen LogP contribution is -2.44. The van der Waals surface area contributed by atoms with E-state index >= 15 is 0 Å². The molecular formula is C17H21NO6. The van der Waals surface area contributed by atoms with Gasteiger partial charge >= 0.3 is 11.9 Å². The maximum Gasteiger partial charge on any atom is 0.328 e. The SMILES string of the molecule is CN1CCO[C@@H]2c3ccccc3OCC[C@H]21.O=C(O)/C=C\C(=O)O. The Labute approximate surface area is 140 Å². The van der Waals surface area contributed by atoms with Crippen molar-refractivity contribution in [3.8, 4) is 5.75 Å². The number of hydrogen-bond donors (Lipinski definition) is 2. The molecule has 2 atom stereocenters. The van der Waals surface area contributed by atoms with Gasteiger partial charge in [-0.1, -0.05) is 18.2 Å². The number of likely N-dealkylation sites (N-methyl/N-ethyl adjacent to an activating group) is 1. The number of morpholine rings is 1. The summed E-state index contributed by atoms with van der Waals surface area (Å²) in [4.78, 5) is 21.5. The van der Waals surface area contributed by atoms with Crippen LogP contribution < -0.4 is 4.74 Å². The van der Waals surface area contributed by atoms with Gasteiger partial charge in [-0.3, -0.25) is 4.90 Å². The highest BCUT2D eigenvalue weighted by molar-refractivity contribution is 5.89. The first kappa shape index (κ1) is 18.0. The molecular weight excluding hydrogens is 314 g/mol. The van der Waals surface area contributed by atoms with Crippen molar-refractivity contribution >= 4 is 11.9 Å². The minimum absolute atomic E-state index is 0.178. The molecule has 0 unspecified atom stereocenters. The van der Waals surface area contributed by atoms with Crippen LogP contribution in [-0.4, -0.2) is 59.9 Å². The largest absolute Gasteiger partial charge is 0.493 e. The fourth-order valence-electron chi connectivity index (χ4n) is 2.78. The number of nitrogens with zero attached hydrogens (tertiary/aromatic N) is 1. The van der Waals surface area contributed by atoms with Gasteiger partial charge in [-0.15, -0.1) is 0 Å². The molecule has 1 aromatic rings. The molecule has 1 saturated heterocycles. The van der Waals surface area contributed by atoms with Crippen LogP contribution >= 0.6 is 0 Å². The third kappa shape index (κ3) is 4.81. The van der Waals surface area contributed by atoms with Crippen LogP contribution in [-0.2, 0) is 14.3 Å². The van der Waals surface area contributed by atoms with Crippen molar-refractivity contribution in [3.05, 3.63) is 42.0 Å². The van der Waals surface area contributed by atoms with E-state index in [9.17, 15) is 9.59 Å². The molecule has 0 spiro atoms. The van der Waals surface area contributed by atoms with Crippen molar-refractivity contribution in [3.63, 3.8) is 0 Å². The number of carbonyl (C=O) groups is 2. The zero-order chi connectivity index (χ0) is 17.5. The molecule has 3 rings (SSSR count). The topological polar surface area (TPSA) is 96.3 Å². The van der Waals surface area contributed by atoms with Crippen LogP contribution in [0.25, 0.3) is 0 Å². The Hall–Kier alpha value is -2.38. The molecule has 7 nitrogen and oxygen atoms in total. The molecule has 1 fully saturated rings. The van der Waals surface area contributed by atoms with Crippen molar-refractivity contribution in [1.82, 2.24) is 4.90 Å². The van der Waals surface area contributed by atoms with Gasteiger partial charge in [0.25, 0.3) is 0 Å². The molecule has 0 radical (unpaired) electrons. The monoisotopic (exact) mass is 335 g/mol. The summed E-state index contributed by atoms with van der Waals surface area (Å²) < 4.78 is 11.7. The first-order chi connectivity index (χ1) is 11.5. The highest BCUT2D eigenvalue weighted by atomic mass is 16.5. The van der Waals surface area contributed by atoms with E-state index < -0.39 is 11.9 Å². The zero-order valence-electron chi connectivity index (χ0n) is 13.4. The average Bonchev–Trinajstić information content (AvgIpc) is 2.74. The van der Waals surface area contributed by atoms with Crippen LogP contribution in [0.3, 0.4) is 0 Å². The van der Waals surface area contributed by atoms with Crippen molar-refractivity contribution in [1.29, 1.82) is 0 Å². The van der Waals surface area contributed by atoms with Crippen LogP contribution in [0.15, 0.2) is 36.4 Å². The summed E-state index contributed by atoms with van der Waals surface area (Å²) in [6.45, 7) is 2.61. The average molecular weight is 335 g/mol. The van der Waals surface area contributed by atoms with Gasteiger partial charge in [-0.05, 0) is 19.5 Å². The maximum atomic E-state index is 9.55. The van der Waals surface area contributed by atoms with Crippen LogP contribution in [0.4, 0.5) is 0 Å². The first-order valence-electron chi connectivity index (χ1n) is 7.66. The van der Waals surface area contributed by atoms with Crippen molar-refractivity contribution < 1.29 is 29.3 Å². The second kappa shape index (κ2) is 8.47. The number of benzene rings is 1. The van der Waals surface area contributed by atoms with Gasteiger partial charge in [0.1, 0.15) is 11.9 Å². The Kier molecular flexibility index (Phi) is 6.34. The summed E-state index contributed by atoms with van der Waals surface area (Å²) in [5.41, 5.74) is 1.21. The van der Waals surface area contributed by atoms with E-state index in [0.717, 1.165) is 31.9 Å². The number of fused-ring (bicyclic) bond motifs is 3. The lowest BCUT2D eigenvalue weighted by Gasteiger charge is -2.38. The van der Waals surface area contributed by atoms with Crippen LogP contribution in [0.2, 0.25) is 0 Å². The summed E-state index contributed by atoms with van der Waals surface area (Å²) in [7, 11) is 2.17. The summed E-state index contributed by atoms with van der Waals surface area (Å²) in [6.07, 6.45) is 2.33.